The average molecular weight is 1420 g/mol. The fraction of sp³-hybridized carbons (Fsp3) is 0.437. The zero-order chi connectivity index (χ0) is 72.0. The zero-order valence-corrected chi connectivity index (χ0v) is 55.7. The number of azide groups is 1. The van der Waals surface area contributed by atoms with Crippen molar-refractivity contribution in [2.75, 3.05) is 32.8 Å². The molecule has 5 aromatic rings. The van der Waals surface area contributed by atoms with Crippen molar-refractivity contribution in [3.63, 3.8) is 0 Å². The van der Waals surface area contributed by atoms with E-state index >= 15 is 4.39 Å². The van der Waals surface area contributed by atoms with E-state index in [1.165, 1.54) is 24.3 Å². The summed E-state index contributed by atoms with van der Waals surface area (Å²) in [6.45, 7) is -1.12. The molecule has 30 nitrogen and oxygen atoms in total. The van der Waals surface area contributed by atoms with Crippen LogP contribution in [0.25, 0.3) is 10.4 Å². The predicted molar refractivity (Wildman–Crippen MR) is 358 cm³/mol. The highest BCUT2D eigenvalue weighted by Crippen LogP contribution is 2.35. The third-order valence-corrected chi connectivity index (χ3v) is 16.5. The van der Waals surface area contributed by atoms with Gasteiger partial charge in [0.2, 0.25) is 0 Å². The molecular weight excluding hydrogens is 1330 g/mol. The third-order valence-electron chi connectivity index (χ3n) is 16.5. The smallest absolute Gasteiger partial charge is 0.408 e. The van der Waals surface area contributed by atoms with Crippen LogP contribution in [0.3, 0.4) is 0 Å². The number of rotatable bonds is 33. The predicted octanol–water partition coefficient (Wildman–Crippen LogP) is 6.60. The van der Waals surface area contributed by atoms with Crippen LogP contribution >= 0.6 is 0 Å². The average Bonchev–Trinajstić information content (AvgIpc) is 1.14. The van der Waals surface area contributed by atoms with Gasteiger partial charge in [-0.1, -0.05) is 194 Å². The molecule has 0 spiro atoms. The van der Waals surface area contributed by atoms with E-state index in [0.717, 1.165) is 5.56 Å². The number of halogens is 1. The Morgan fingerprint density at radius 3 is 1.36 bits per heavy atom. The summed E-state index contributed by atoms with van der Waals surface area (Å²) in [6.07, 6.45) is -20.3. The number of hydrogen-bond acceptors (Lipinski definition) is 22. The van der Waals surface area contributed by atoms with E-state index in [2.05, 4.69) is 41.9 Å². The summed E-state index contributed by atoms with van der Waals surface area (Å²) >= 11 is 0. The summed E-state index contributed by atoms with van der Waals surface area (Å²) in [5.41, 5.74) is 12.4. The van der Waals surface area contributed by atoms with Crippen LogP contribution in [0.2, 0.25) is 0 Å². The Labute approximate surface area is 587 Å². The molecule has 1 saturated heterocycles. The summed E-state index contributed by atoms with van der Waals surface area (Å²) in [6, 6.07) is 38.5. The lowest BCUT2D eigenvalue weighted by Gasteiger charge is -2.47. The van der Waals surface area contributed by atoms with Crippen molar-refractivity contribution in [3.8, 4) is 0 Å². The van der Waals surface area contributed by atoms with Crippen molar-refractivity contribution in [2.45, 2.75) is 163 Å². The maximum Gasteiger partial charge on any atom is 0.408 e. The number of nitrogens with zero attached hydrogens (tertiary/aromatic N) is 3. The van der Waals surface area contributed by atoms with Crippen LogP contribution in [0.4, 0.5) is 28.4 Å². The molecule has 3 heterocycles. The standard InChI is InChI=1S/C71H84FN9O21/c1-2-3-33-91-59(51(72)37-76-81-73)63(85)77-54-34-55(80-71(90)96-43-48-27-17-8-18-28-48)60(100-64-52(78-69(88)94-41-46-23-13-6-14-24-46)31-29-49(97-64)35-74-67(86)92-39-44-19-9-4-10-20-44)62(57(54)83)102-66-58(84)61(56(38-82)99-66)101-65-53(79-70(89)95-42-47-25-15-7-16-26-47)32-30-50(98-65)36-75-68(87)93-40-45-21-11-5-12-22-45/h4-32,49-62,64-66,82-84H,2-3,33-43H2,1H3,(H,74,86)(H,75,87)(H,77,85)(H,78,88)(H,79,89)(H,80,90)/t49-,50+,51-,52+,53+,54+,55-,56+,57-,58+,59+,60+,61+,62+,64+,65+,66-/m0/s1. The molecule has 2 fully saturated rings. The van der Waals surface area contributed by atoms with E-state index in [0.29, 0.717) is 35.1 Å². The summed E-state index contributed by atoms with van der Waals surface area (Å²) < 4.78 is 88.5. The van der Waals surface area contributed by atoms with Gasteiger partial charge in [0, 0.05) is 11.5 Å². The molecule has 1 aliphatic carbocycles. The fourth-order valence-corrected chi connectivity index (χ4v) is 11.2. The van der Waals surface area contributed by atoms with Gasteiger partial charge in [-0.25, -0.2) is 28.4 Å². The van der Waals surface area contributed by atoms with Gasteiger partial charge in [0.25, 0.3) is 5.91 Å². The molecule has 17 atom stereocenters. The second kappa shape index (κ2) is 40.0. The first-order chi connectivity index (χ1) is 49.6. The molecule has 31 heteroatoms. The maximum atomic E-state index is 16.0. The van der Waals surface area contributed by atoms with Crippen molar-refractivity contribution in [2.24, 2.45) is 5.11 Å². The molecule has 102 heavy (non-hydrogen) atoms. The first kappa shape index (κ1) is 76.4. The second-order valence-electron chi connectivity index (χ2n) is 24.0. The normalized spacial score (nSPS) is 25.6. The number of amides is 6. The number of alkyl carbamates (subject to hydrolysis) is 5. The minimum Gasteiger partial charge on any atom is -0.445 e. The first-order valence-corrected chi connectivity index (χ1v) is 33.3. The Morgan fingerprint density at radius 1 is 0.529 bits per heavy atom. The van der Waals surface area contributed by atoms with Crippen LogP contribution in [0.5, 0.6) is 0 Å². The molecule has 1 saturated carbocycles. The van der Waals surface area contributed by atoms with Crippen molar-refractivity contribution in [1.82, 2.24) is 31.9 Å². The van der Waals surface area contributed by atoms with E-state index in [1.807, 2.05) is 19.1 Å². The van der Waals surface area contributed by atoms with Crippen LogP contribution in [-0.4, -0.2) is 189 Å². The van der Waals surface area contributed by atoms with Crippen LogP contribution < -0.4 is 31.9 Å². The first-order valence-electron chi connectivity index (χ1n) is 33.3. The summed E-state index contributed by atoms with van der Waals surface area (Å²) in [5, 5.41) is 55.9. The van der Waals surface area contributed by atoms with Crippen LogP contribution in [-0.2, 0) is 94.7 Å². The van der Waals surface area contributed by atoms with Crippen molar-refractivity contribution in [3.05, 3.63) is 214 Å². The zero-order valence-electron chi connectivity index (χ0n) is 55.7. The lowest BCUT2D eigenvalue weighted by molar-refractivity contribution is -0.282. The van der Waals surface area contributed by atoms with Gasteiger partial charge in [-0.2, -0.15) is 0 Å². The maximum absolute atomic E-state index is 16.0. The van der Waals surface area contributed by atoms with E-state index in [1.54, 1.807) is 140 Å². The molecule has 0 unspecified atom stereocenters. The number of ether oxygens (including phenoxy) is 12. The largest absolute Gasteiger partial charge is 0.445 e. The van der Waals surface area contributed by atoms with Gasteiger partial charge < -0.3 is 104 Å². The Kier molecular flexibility index (Phi) is 30.0. The lowest BCUT2D eigenvalue weighted by Crippen LogP contribution is -2.68. The van der Waals surface area contributed by atoms with Gasteiger partial charge in [0.05, 0.1) is 50.5 Å². The number of carbonyl (C=O) groups is 6. The number of hydrogen-bond donors (Lipinski definition) is 9. The molecular formula is C71H84FN9O21. The number of benzene rings is 5. The SMILES string of the molecule is CCCCO[C@@H](C(=O)N[C@@H]1C[C@H](NC(=O)OCc2ccccc2)[C@@H](O[C@H]2O[C@H](CNC(=O)OCc3ccccc3)C=C[C@H]2NC(=O)OCc2ccccc2)[C@H](O[C@@H]2O[C@H](CO)[C@@H](O[C@H]3O[C@@H](CNC(=O)OCc4ccccc4)C=C[C@H]3NC(=O)OCc3ccccc3)[C@H]2O)[C@H]1O)[C@@H](F)CN=[N+]=[N-]. The molecule has 0 radical (unpaired) electrons. The van der Waals surface area contributed by atoms with Gasteiger partial charge in [-0.15, -0.1) is 0 Å². The van der Waals surface area contributed by atoms with Gasteiger partial charge in [0.1, 0.15) is 87.9 Å². The van der Waals surface area contributed by atoms with Gasteiger partial charge in [0.15, 0.2) is 25.0 Å². The summed E-state index contributed by atoms with van der Waals surface area (Å²) in [5.74, 6) is -1.13. The minimum atomic E-state index is -2.21. The minimum absolute atomic E-state index is 0.0435. The van der Waals surface area contributed by atoms with Gasteiger partial charge in [-0.05, 0) is 46.2 Å². The molecule has 3 aliphatic heterocycles. The highest BCUT2D eigenvalue weighted by Gasteiger charge is 2.55. The Balaban J connectivity index is 1.03. The van der Waals surface area contributed by atoms with Gasteiger partial charge >= 0.3 is 30.5 Å². The molecule has 4 aliphatic rings. The highest BCUT2D eigenvalue weighted by atomic mass is 19.1. The number of carbonyl (C=O) groups excluding carboxylic acids is 6. The number of nitrogens with one attached hydrogen (secondary N) is 6. The number of aliphatic hydroxyl groups excluding tert-OH is 3. The Morgan fingerprint density at radius 2 is 0.941 bits per heavy atom. The van der Waals surface area contributed by atoms with Crippen LogP contribution in [0, 0.1) is 0 Å². The Bertz CT molecular complexity index is 3540. The monoisotopic (exact) mass is 1420 g/mol. The summed E-state index contributed by atoms with van der Waals surface area (Å²) in [4.78, 5) is 84.7. The second-order valence-corrected chi connectivity index (χ2v) is 24.0. The number of unbranched alkanes of at least 4 members (excludes halogenated alkanes) is 1. The molecule has 9 rings (SSSR count). The van der Waals surface area contributed by atoms with E-state index < -0.39 is 160 Å². The molecule has 0 bridgehead atoms. The van der Waals surface area contributed by atoms with E-state index in [4.69, 9.17) is 62.4 Å². The number of alkyl halides is 1. The van der Waals surface area contributed by atoms with Crippen LogP contribution in [0.15, 0.2) is 181 Å². The quantitative estimate of drug-likeness (QED) is 0.00533. The Hall–Kier alpha value is -9.76. The number of aliphatic hydroxyl groups is 3. The fourth-order valence-electron chi connectivity index (χ4n) is 11.2. The van der Waals surface area contributed by atoms with Crippen molar-refractivity contribution < 1.29 is 105 Å². The molecule has 6 amide bonds. The van der Waals surface area contributed by atoms with Gasteiger partial charge in [-0.3, -0.25) is 4.79 Å². The molecule has 5 aromatic carbocycles. The highest BCUT2D eigenvalue weighted by molar-refractivity contribution is 5.82. The van der Waals surface area contributed by atoms with Crippen molar-refractivity contribution in [1.29, 1.82) is 0 Å². The van der Waals surface area contributed by atoms with Crippen LogP contribution in [0.1, 0.15) is 54.0 Å². The van der Waals surface area contributed by atoms with Crippen molar-refractivity contribution >= 4 is 36.4 Å². The molecule has 546 valence electrons. The van der Waals surface area contributed by atoms with E-state index in [9.17, 15) is 44.1 Å². The topological polar surface area (TPSA) is 395 Å². The molecule has 0 aromatic heterocycles. The third kappa shape index (κ3) is 23.7. The van der Waals surface area contributed by atoms with E-state index in [-0.39, 0.29) is 52.7 Å². The molecule has 9 N–H and O–H groups in total. The lowest BCUT2D eigenvalue weighted by atomic mass is 9.83. The summed E-state index contributed by atoms with van der Waals surface area (Å²) in [7, 11) is 0.